The average Bonchev–Trinajstić information content (AvgIpc) is 3.22. The Balaban J connectivity index is 2.02. The molecule has 0 saturated carbocycles. The van der Waals surface area contributed by atoms with Gasteiger partial charge in [0.25, 0.3) is 5.91 Å². The van der Waals surface area contributed by atoms with Gasteiger partial charge >= 0.3 is 5.97 Å². The summed E-state index contributed by atoms with van der Waals surface area (Å²) < 4.78 is 10.1. The predicted octanol–water partition coefficient (Wildman–Crippen LogP) is 1.71. The largest absolute Gasteiger partial charge is 0.462 e. The summed E-state index contributed by atoms with van der Waals surface area (Å²) in [6, 6.07) is 1.61. The monoisotopic (exact) mass is 328 g/mol. The van der Waals surface area contributed by atoms with Gasteiger partial charge in [-0.15, -0.1) is 0 Å². The van der Waals surface area contributed by atoms with Gasteiger partial charge in [-0.25, -0.2) is 10.2 Å². The van der Waals surface area contributed by atoms with Gasteiger partial charge in [-0.2, -0.15) is 5.10 Å². The predicted molar refractivity (Wildman–Crippen MR) is 85.4 cm³/mol. The van der Waals surface area contributed by atoms with Gasteiger partial charge in [0.1, 0.15) is 5.71 Å². The Hall–Kier alpha value is -3.16. The van der Waals surface area contributed by atoms with Gasteiger partial charge < -0.3 is 14.2 Å². The minimum Gasteiger partial charge on any atom is -0.462 e. The number of hydrogen-bond acceptors (Lipinski definition) is 6. The molecule has 0 saturated heterocycles. The molecule has 1 aliphatic rings. The molecule has 0 radical (unpaired) electrons. The fourth-order valence-electron chi connectivity index (χ4n) is 2.57. The number of carbonyl (C=O) groups is 2. The molecule has 8 heteroatoms. The van der Waals surface area contributed by atoms with E-state index in [1.54, 1.807) is 32.9 Å². The van der Waals surface area contributed by atoms with Crippen LogP contribution in [0.3, 0.4) is 0 Å². The van der Waals surface area contributed by atoms with Crippen molar-refractivity contribution in [3.05, 3.63) is 46.1 Å². The number of ether oxygens (including phenoxy) is 1. The first-order valence-corrected chi connectivity index (χ1v) is 7.40. The first-order valence-electron chi connectivity index (χ1n) is 7.40. The second-order valence-electron chi connectivity index (χ2n) is 5.22. The van der Waals surface area contributed by atoms with E-state index in [1.165, 1.54) is 6.20 Å². The molecule has 0 spiro atoms. The van der Waals surface area contributed by atoms with Crippen molar-refractivity contribution in [2.45, 2.75) is 20.8 Å². The van der Waals surface area contributed by atoms with Crippen molar-refractivity contribution in [3.63, 3.8) is 0 Å². The molecule has 0 atom stereocenters. The van der Waals surface area contributed by atoms with Gasteiger partial charge in [0.05, 0.1) is 23.9 Å². The summed E-state index contributed by atoms with van der Waals surface area (Å²) in [4.78, 5) is 27.2. The third-order valence-electron chi connectivity index (χ3n) is 3.68. The van der Waals surface area contributed by atoms with Crippen LogP contribution in [0, 0.1) is 13.8 Å². The van der Waals surface area contributed by atoms with E-state index >= 15 is 0 Å². The van der Waals surface area contributed by atoms with E-state index in [9.17, 15) is 9.59 Å². The number of aromatic amines is 1. The summed E-state index contributed by atoms with van der Waals surface area (Å²) in [5.41, 5.74) is 5.57. The number of hydrazone groups is 1. The highest BCUT2D eigenvalue weighted by Crippen LogP contribution is 2.23. The van der Waals surface area contributed by atoms with Crippen molar-refractivity contribution in [2.24, 2.45) is 5.10 Å². The smallest absolute Gasteiger partial charge is 0.340 e. The van der Waals surface area contributed by atoms with Crippen molar-refractivity contribution < 1.29 is 18.8 Å². The zero-order chi connectivity index (χ0) is 17.3. The SMILES string of the molecule is CCOC(=O)c1c(C)[nH]c(/C=C2/C(=O)NN=C2c2ccno2)c1C. The Kier molecular flexibility index (Phi) is 4.03. The van der Waals surface area contributed by atoms with E-state index in [0.717, 1.165) is 0 Å². The number of esters is 1. The highest BCUT2D eigenvalue weighted by Gasteiger charge is 2.27. The van der Waals surface area contributed by atoms with Crippen molar-refractivity contribution in [1.82, 2.24) is 15.6 Å². The van der Waals surface area contributed by atoms with Crippen LogP contribution in [-0.4, -0.2) is 34.3 Å². The number of carbonyl (C=O) groups excluding carboxylic acids is 2. The average molecular weight is 328 g/mol. The number of nitrogens with zero attached hydrogens (tertiary/aromatic N) is 2. The lowest BCUT2D eigenvalue weighted by Gasteiger charge is -2.02. The number of rotatable bonds is 4. The minimum absolute atomic E-state index is 0.296. The minimum atomic E-state index is -0.395. The first kappa shape index (κ1) is 15.7. The molecule has 0 unspecified atom stereocenters. The van der Waals surface area contributed by atoms with Gasteiger partial charge in [-0.1, -0.05) is 5.16 Å². The molecule has 1 amide bonds. The highest BCUT2D eigenvalue weighted by atomic mass is 16.5. The van der Waals surface area contributed by atoms with Crippen LogP contribution >= 0.6 is 0 Å². The van der Waals surface area contributed by atoms with Crippen LogP contribution in [-0.2, 0) is 9.53 Å². The molecule has 24 heavy (non-hydrogen) atoms. The lowest BCUT2D eigenvalue weighted by Crippen LogP contribution is -2.13. The number of aryl methyl sites for hydroxylation is 1. The number of hydrogen-bond donors (Lipinski definition) is 2. The molecule has 2 N–H and O–H groups in total. The van der Waals surface area contributed by atoms with Gasteiger partial charge in [-0.3, -0.25) is 4.79 Å². The molecule has 0 fully saturated rings. The van der Waals surface area contributed by atoms with E-state index in [0.29, 0.717) is 46.2 Å². The molecule has 124 valence electrons. The summed E-state index contributed by atoms with van der Waals surface area (Å²) in [6.07, 6.45) is 3.11. The Morgan fingerprint density at radius 1 is 1.42 bits per heavy atom. The number of nitrogens with one attached hydrogen (secondary N) is 2. The zero-order valence-corrected chi connectivity index (χ0v) is 13.5. The van der Waals surface area contributed by atoms with Crippen LogP contribution in [0.25, 0.3) is 6.08 Å². The molecule has 0 aromatic carbocycles. The molecule has 0 aliphatic carbocycles. The topological polar surface area (TPSA) is 110 Å². The lowest BCUT2D eigenvalue weighted by molar-refractivity contribution is -0.116. The fourth-order valence-corrected chi connectivity index (χ4v) is 2.57. The summed E-state index contributed by atoms with van der Waals surface area (Å²) in [7, 11) is 0. The standard InChI is InChI=1S/C16H16N4O4/c1-4-23-16(22)13-8(2)11(18-9(13)3)7-10-14(19-20-15(10)21)12-5-6-17-24-12/h5-7,18H,4H2,1-3H3,(H,20,21)/b10-7+. The molecule has 1 aliphatic heterocycles. The number of aromatic nitrogens is 2. The third-order valence-corrected chi connectivity index (χ3v) is 3.68. The van der Waals surface area contributed by atoms with Gasteiger partial charge in [0.15, 0.2) is 5.76 Å². The van der Waals surface area contributed by atoms with E-state index in [1.807, 2.05) is 0 Å². The van der Waals surface area contributed by atoms with Crippen LogP contribution in [0.15, 0.2) is 27.5 Å². The zero-order valence-electron chi connectivity index (χ0n) is 13.5. The van der Waals surface area contributed by atoms with Crippen molar-refractivity contribution in [2.75, 3.05) is 6.61 Å². The van der Waals surface area contributed by atoms with Gasteiger partial charge in [0.2, 0.25) is 0 Å². The van der Waals surface area contributed by atoms with E-state index in [-0.39, 0.29) is 5.91 Å². The van der Waals surface area contributed by atoms with Crippen LogP contribution in [0.1, 0.15) is 40.0 Å². The van der Waals surface area contributed by atoms with Crippen LogP contribution in [0.2, 0.25) is 0 Å². The van der Waals surface area contributed by atoms with E-state index < -0.39 is 5.97 Å². The summed E-state index contributed by atoms with van der Waals surface area (Å²) in [5, 5.41) is 7.59. The number of amides is 1. The summed E-state index contributed by atoms with van der Waals surface area (Å²) >= 11 is 0. The molecule has 2 aromatic heterocycles. The molecule has 3 rings (SSSR count). The highest BCUT2D eigenvalue weighted by molar-refractivity contribution is 6.32. The first-order chi connectivity index (χ1) is 11.5. The molecular weight excluding hydrogens is 312 g/mol. The van der Waals surface area contributed by atoms with Gasteiger partial charge in [0, 0.05) is 17.5 Å². The third kappa shape index (κ3) is 2.62. The van der Waals surface area contributed by atoms with E-state index in [2.05, 4.69) is 20.7 Å². The number of H-pyrrole nitrogens is 1. The fraction of sp³-hybridized carbons (Fsp3) is 0.250. The summed E-state index contributed by atoms with van der Waals surface area (Å²) in [5.74, 6) is -0.370. The Labute approximate surface area is 137 Å². The lowest BCUT2D eigenvalue weighted by atomic mass is 10.0. The maximum absolute atomic E-state index is 12.1. The molecule has 3 heterocycles. The van der Waals surface area contributed by atoms with Crippen LogP contribution in [0.5, 0.6) is 0 Å². The van der Waals surface area contributed by atoms with Crippen LogP contribution in [0.4, 0.5) is 0 Å². The quantitative estimate of drug-likeness (QED) is 0.656. The summed E-state index contributed by atoms with van der Waals surface area (Å²) in [6.45, 7) is 5.62. The van der Waals surface area contributed by atoms with Crippen molar-refractivity contribution in [1.29, 1.82) is 0 Å². The Bertz CT molecular complexity index is 859. The molecular formula is C16H16N4O4. The Morgan fingerprint density at radius 2 is 2.21 bits per heavy atom. The Morgan fingerprint density at radius 3 is 2.88 bits per heavy atom. The van der Waals surface area contributed by atoms with E-state index in [4.69, 9.17) is 9.26 Å². The second-order valence-corrected chi connectivity index (χ2v) is 5.22. The molecule has 8 nitrogen and oxygen atoms in total. The normalized spacial score (nSPS) is 15.5. The molecule has 0 bridgehead atoms. The molecule has 2 aromatic rings. The maximum Gasteiger partial charge on any atom is 0.340 e. The van der Waals surface area contributed by atoms with Gasteiger partial charge in [-0.05, 0) is 32.4 Å². The second kappa shape index (κ2) is 6.15. The van der Waals surface area contributed by atoms with Crippen LogP contribution < -0.4 is 5.43 Å². The van der Waals surface area contributed by atoms with Crippen molar-refractivity contribution >= 4 is 23.7 Å². The van der Waals surface area contributed by atoms with Crippen molar-refractivity contribution in [3.8, 4) is 0 Å². The maximum atomic E-state index is 12.1.